The monoisotopic (exact) mass is 290 g/mol. The second-order valence-electron chi connectivity index (χ2n) is 6.38. The van der Waals surface area contributed by atoms with Crippen molar-refractivity contribution < 1.29 is 4.74 Å². The molecule has 2 aliphatic rings. The van der Waals surface area contributed by atoms with E-state index in [4.69, 9.17) is 4.74 Å². The molecule has 5 nitrogen and oxygen atoms in total. The van der Waals surface area contributed by atoms with Gasteiger partial charge in [0.25, 0.3) is 0 Å². The highest BCUT2D eigenvalue weighted by atomic mass is 16.5. The van der Waals surface area contributed by atoms with E-state index in [1.165, 1.54) is 44.9 Å². The van der Waals surface area contributed by atoms with Crippen molar-refractivity contribution in [2.45, 2.75) is 44.9 Å². The second-order valence-corrected chi connectivity index (χ2v) is 6.38. The average Bonchev–Trinajstić information content (AvgIpc) is 2.55. The summed E-state index contributed by atoms with van der Waals surface area (Å²) in [5, 5.41) is 3.08. The summed E-state index contributed by atoms with van der Waals surface area (Å²) in [6, 6.07) is 0. The van der Waals surface area contributed by atoms with E-state index in [1.54, 1.807) is 13.4 Å². The molecule has 0 bridgehead atoms. The lowest BCUT2D eigenvalue weighted by Gasteiger charge is -2.44. The summed E-state index contributed by atoms with van der Waals surface area (Å²) in [5.74, 6) is 2.46. The van der Waals surface area contributed by atoms with Gasteiger partial charge in [-0.15, -0.1) is 0 Å². The molecule has 1 N–H and O–H groups in total. The van der Waals surface area contributed by atoms with E-state index in [1.807, 2.05) is 7.05 Å². The highest BCUT2D eigenvalue weighted by Gasteiger charge is 2.36. The molecule has 2 fully saturated rings. The summed E-state index contributed by atoms with van der Waals surface area (Å²) in [7, 11) is 3.55. The number of methoxy groups -OCH3 is 1. The van der Waals surface area contributed by atoms with Crippen molar-refractivity contribution >= 4 is 11.6 Å². The lowest BCUT2D eigenvalue weighted by Crippen LogP contribution is -2.41. The van der Waals surface area contributed by atoms with Gasteiger partial charge in [0.1, 0.15) is 6.33 Å². The fraction of sp³-hybridized carbons (Fsp3) is 0.750. The highest BCUT2D eigenvalue weighted by molar-refractivity contribution is 5.64. The molecule has 0 atom stereocenters. The van der Waals surface area contributed by atoms with Crippen molar-refractivity contribution in [1.29, 1.82) is 0 Å². The van der Waals surface area contributed by atoms with Crippen molar-refractivity contribution in [2.75, 3.05) is 37.5 Å². The number of piperidine rings is 1. The van der Waals surface area contributed by atoms with Crippen molar-refractivity contribution in [2.24, 2.45) is 5.41 Å². The molecule has 0 unspecified atom stereocenters. The summed E-state index contributed by atoms with van der Waals surface area (Å²) < 4.78 is 5.53. The van der Waals surface area contributed by atoms with Gasteiger partial charge in [-0.05, 0) is 31.1 Å². The highest BCUT2D eigenvalue weighted by Crippen LogP contribution is 2.46. The fourth-order valence-electron chi connectivity index (χ4n) is 3.95. The molecule has 0 aromatic carbocycles. The number of nitrogens with zero attached hydrogens (tertiary/aromatic N) is 3. The third-order valence-corrected chi connectivity index (χ3v) is 5.26. The zero-order chi connectivity index (χ0) is 14.7. The molecular formula is C16H26N4O. The molecule has 1 aliphatic carbocycles. The molecule has 1 saturated heterocycles. The van der Waals surface area contributed by atoms with Gasteiger partial charge < -0.3 is 15.0 Å². The Morgan fingerprint density at radius 3 is 2.43 bits per heavy atom. The van der Waals surface area contributed by atoms with Crippen LogP contribution in [0.2, 0.25) is 0 Å². The zero-order valence-electron chi connectivity index (χ0n) is 13.2. The number of rotatable bonds is 3. The molecule has 1 aliphatic heterocycles. The third-order valence-electron chi connectivity index (χ3n) is 5.26. The van der Waals surface area contributed by atoms with E-state index in [0.29, 0.717) is 5.41 Å². The van der Waals surface area contributed by atoms with Gasteiger partial charge in [0, 0.05) is 20.1 Å². The quantitative estimate of drug-likeness (QED) is 0.927. The Hall–Kier alpha value is -1.52. The number of nitrogens with one attached hydrogen (secondary N) is 1. The Labute approximate surface area is 127 Å². The Kier molecular flexibility index (Phi) is 4.17. The summed E-state index contributed by atoms with van der Waals surface area (Å²) >= 11 is 0. The molecule has 5 heteroatoms. The molecule has 0 amide bonds. The fourth-order valence-corrected chi connectivity index (χ4v) is 3.95. The minimum atomic E-state index is 0.612. The summed E-state index contributed by atoms with van der Waals surface area (Å²) in [6.45, 7) is 2.16. The van der Waals surface area contributed by atoms with Crippen molar-refractivity contribution in [3.63, 3.8) is 0 Å². The largest absolute Gasteiger partial charge is 0.490 e. The van der Waals surface area contributed by atoms with Gasteiger partial charge in [0.15, 0.2) is 11.6 Å². The van der Waals surface area contributed by atoms with Gasteiger partial charge in [-0.1, -0.05) is 19.3 Å². The molecule has 21 heavy (non-hydrogen) atoms. The first-order valence-corrected chi connectivity index (χ1v) is 8.10. The molecule has 116 valence electrons. The van der Waals surface area contributed by atoms with Crippen LogP contribution in [0.15, 0.2) is 6.33 Å². The van der Waals surface area contributed by atoms with Crippen LogP contribution in [-0.4, -0.2) is 37.2 Å². The smallest absolute Gasteiger partial charge is 0.204 e. The van der Waals surface area contributed by atoms with Crippen LogP contribution < -0.4 is 15.0 Å². The Morgan fingerprint density at radius 2 is 1.81 bits per heavy atom. The van der Waals surface area contributed by atoms with Crippen LogP contribution in [0, 0.1) is 5.41 Å². The molecule has 1 spiro atoms. The molecule has 1 aromatic rings. The average molecular weight is 290 g/mol. The number of ether oxygens (including phenoxy) is 1. The first-order valence-electron chi connectivity index (χ1n) is 8.10. The second kappa shape index (κ2) is 6.08. The maximum atomic E-state index is 5.53. The molecule has 2 heterocycles. The maximum Gasteiger partial charge on any atom is 0.204 e. The van der Waals surface area contributed by atoms with E-state index in [-0.39, 0.29) is 0 Å². The Balaban J connectivity index is 1.75. The van der Waals surface area contributed by atoms with E-state index in [9.17, 15) is 0 Å². The van der Waals surface area contributed by atoms with Gasteiger partial charge >= 0.3 is 0 Å². The van der Waals surface area contributed by atoms with E-state index < -0.39 is 0 Å². The van der Waals surface area contributed by atoms with Gasteiger partial charge in [-0.25, -0.2) is 9.97 Å². The van der Waals surface area contributed by atoms with Crippen LogP contribution in [0.5, 0.6) is 5.75 Å². The van der Waals surface area contributed by atoms with E-state index in [0.717, 1.165) is 30.5 Å². The van der Waals surface area contributed by atoms with Crippen LogP contribution in [0.25, 0.3) is 0 Å². The molecular weight excluding hydrogens is 264 g/mol. The maximum absolute atomic E-state index is 5.53. The minimum Gasteiger partial charge on any atom is -0.490 e. The topological polar surface area (TPSA) is 50.3 Å². The van der Waals surface area contributed by atoms with Crippen LogP contribution >= 0.6 is 0 Å². The SMILES string of the molecule is CNc1ncnc(N2CCC3(CCCCC3)CC2)c1OC. The lowest BCUT2D eigenvalue weighted by atomic mass is 9.68. The minimum absolute atomic E-state index is 0.612. The predicted octanol–water partition coefficient (Wildman–Crippen LogP) is 3.08. The van der Waals surface area contributed by atoms with Crippen molar-refractivity contribution in [3.05, 3.63) is 6.33 Å². The Bertz CT molecular complexity index is 475. The third kappa shape index (κ3) is 2.78. The first kappa shape index (κ1) is 14.4. The molecule has 1 saturated carbocycles. The van der Waals surface area contributed by atoms with Crippen molar-refractivity contribution in [1.82, 2.24) is 9.97 Å². The lowest BCUT2D eigenvalue weighted by molar-refractivity contribution is 0.144. The van der Waals surface area contributed by atoms with Gasteiger partial charge in [-0.2, -0.15) is 0 Å². The van der Waals surface area contributed by atoms with Crippen LogP contribution in [0.1, 0.15) is 44.9 Å². The standard InChI is InChI=1S/C16H26N4O/c1-17-14-13(21-2)15(19-12-18-14)20-10-8-16(9-11-20)6-4-3-5-7-16/h12H,3-11H2,1-2H3,(H,17,18,19). The number of hydrogen-bond acceptors (Lipinski definition) is 5. The van der Waals surface area contributed by atoms with Gasteiger partial charge in [0.2, 0.25) is 5.75 Å². The molecule has 1 aromatic heterocycles. The van der Waals surface area contributed by atoms with E-state index >= 15 is 0 Å². The van der Waals surface area contributed by atoms with Crippen LogP contribution in [-0.2, 0) is 0 Å². The number of aromatic nitrogens is 2. The van der Waals surface area contributed by atoms with Gasteiger partial charge in [0.05, 0.1) is 7.11 Å². The van der Waals surface area contributed by atoms with Crippen LogP contribution in [0.3, 0.4) is 0 Å². The molecule has 0 radical (unpaired) electrons. The van der Waals surface area contributed by atoms with Crippen LogP contribution in [0.4, 0.5) is 11.6 Å². The predicted molar refractivity (Wildman–Crippen MR) is 85.1 cm³/mol. The van der Waals surface area contributed by atoms with Crippen molar-refractivity contribution in [3.8, 4) is 5.75 Å². The summed E-state index contributed by atoms with van der Waals surface area (Å²) in [4.78, 5) is 11.1. The Morgan fingerprint density at radius 1 is 1.10 bits per heavy atom. The molecule has 3 rings (SSSR count). The number of hydrogen-bond donors (Lipinski definition) is 1. The summed E-state index contributed by atoms with van der Waals surface area (Å²) in [6.07, 6.45) is 11.3. The number of anilines is 2. The first-order chi connectivity index (χ1) is 10.3. The normalized spacial score (nSPS) is 21.3. The van der Waals surface area contributed by atoms with E-state index in [2.05, 4.69) is 20.2 Å². The van der Waals surface area contributed by atoms with Gasteiger partial charge in [-0.3, -0.25) is 0 Å². The summed E-state index contributed by atoms with van der Waals surface area (Å²) in [5.41, 5.74) is 0.612. The zero-order valence-corrected chi connectivity index (χ0v) is 13.2.